The molecule has 0 N–H and O–H groups in total. The minimum absolute atomic E-state index is 0.158. The van der Waals surface area contributed by atoms with Crippen molar-refractivity contribution in [1.29, 1.82) is 0 Å². The first-order chi connectivity index (χ1) is 12.1. The lowest BCUT2D eigenvalue weighted by atomic mass is 10.1. The maximum atomic E-state index is 13.7. The Morgan fingerprint density at radius 3 is 2.68 bits per heavy atom. The smallest absolute Gasteiger partial charge is 0.253 e. The molecule has 1 fully saturated rings. The Balaban J connectivity index is 1.57. The minimum atomic E-state index is -0.306. The van der Waals surface area contributed by atoms with Gasteiger partial charge in [0.25, 0.3) is 5.91 Å². The second-order valence-corrected chi connectivity index (χ2v) is 6.22. The first-order valence-corrected chi connectivity index (χ1v) is 8.47. The van der Waals surface area contributed by atoms with Gasteiger partial charge in [0.2, 0.25) is 0 Å². The molecule has 1 amide bonds. The number of hydrogen-bond acceptors (Lipinski definition) is 3. The van der Waals surface area contributed by atoms with Crippen LogP contribution in [0.4, 0.5) is 4.39 Å². The summed E-state index contributed by atoms with van der Waals surface area (Å²) in [5.74, 6) is 0.248. The minimum Gasteiger partial charge on any atom is -0.491 e. The highest BCUT2D eigenvalue weighted by Gasteiger charge is 2.17. The summed E-state index contributed by atoms with van der Waals surface area (Å²) < 4.78 is 24.9. The molecule has 3 rings (SSSR count). The van der Waals surface area contributed by atoms with Gasteiger partial charge >= 0.3 is 0 Å². The molecule has 1 aliphatic heterocycles. The molecular formula is C20H22FNO3. The molecule has 2 aromatic carbocycles. The van der Waals surface area contributed by atoms with Crippen LogP contribution >= 0.6 is 0 Å². The molecule has 0 bridgehead atoms. The van der Waals surface area contributed by atoms with Crippen LogP contribution in [0, 0.1) is 5.82 Å². The van der Waals surface area contributed by atoms with Gasteiger partial charge in [-0.15, -0.1) is 0 Å². The molecule has 1 aliphatic rings. The van der Waals surface area contributed by atoms with Crippen molar-refractivity contribution in [1.82, 2.24) is 4.90 Å². The van der Waals surface area contributed by atoms with E-state index in [0.717, 1.165) is 19.4 Å². The average Bonchev–Trinajstić information content (AvgIpc) is 3.15. The molecule has 0 aliphatic carbocycles. The highest BCUT2D eigenvalue weighted by atomic mass is 19.1. The summed E-state index contributed by atoms with van der Waals surface area (Å²) in [7, 11) is 1.66. The van der Waals surface area contributed by atoms with Crippen molar-refractivity contribution in [3.8, 4) is 5.75 Å². The van der Waals surface area contributed by atoms with Crippen LogP contribution in [0.1, 0.15) is 28.8 Å². The molecule has 1 unspecified atom stereocenters. The van der Waals surface area contributed by atoms with Crippen molar-refractivity contribution in [2.75, 3.05) is 20.3 Å². The largest absolute Gasteiger partial charge is 0.491 e. The van der Waals surface area contributed by atoms with E-state index in [-0.39, 0.29) is 24.4 Å². The summed E-state index contributed by atoms with van der Waals surface area (Å²) in [6, 6.07) is 13.5. The van der Waals surface area contributed by atoms with E-state index < -0.39 is 0 Å². The van der Waals surface area contributed by atoms with Crippen LogP contribution in [0.15, 0.2) is 48.5 Å². The SMILES string of the molecule is CN(Cc1ccccc1F)C(=O)c1ccc(OCC2CCCO2)cc1. The summed E-state index contributed by atoms with van der Waals surface area (Å²) in [5.41, 5.74) is 1.04. The van der Waals surface area contributed by atoms with Gasteiger partial charge in [-0.05, 0) is 43.2 Å². The molecule has 1 atom stereocenters. The number of carbonyl (C=O) groups excluding carboxylic acids is 1. The van der Waals surface area contributed by atoms with Gasteiger partial charge in [-0.3, -0.25) is 4.79 Å². The maximum absolute atomic E-state index is 13.7. The van der Waals surface area contributed by atoms with Gasteiger partial charge < -0.3 is 14.4 Å². The third-order valence-electron chi connectivity index (χ3n) is 4.27. The molecule has 1 saturated heterocycles. The van der Waals surface area contributed by atoms with E-state index in [1.54, 1.807) is 49.5 Å². The number of amides is 1. The van der Waals surface area contributed by atoms with E-state index in [4.69, 9.17) is 9.47 Å². The van der Waals surface area contributed by atoms with E-state index in [9.17, 15) is 9.18 Å². The van der Waals surface area contributed by atoms with Crippen LogP contribution in [0.2, 0.25) is 0 Å². The maximum Gasteiger partial charge on any atom is 0.253 e. The van der Waals surface area contributed by atoms with Crippen LogP contribution < -0.4 is 4.74 Å². The molecule has 4 nitrogen and oxygen atoms in total. The van der Waals surface area contributed by atoms with E-state index in [1.807, 2.05) is 0 Å². The van der Waals surface area contributed by atoms with Gasteiger partial charge in [0.15, 0.2) is 0 Å². The van der Waals surface area contributed by atoms with Crippen molar-refractivity contribution < 1.29 is 18.7 Å². The molecule has 0 saturated carbocycles. The second kappa shape index (κ2) is 8.12. The number of hydrogen-bond donors (Lipinski definition) is 0. The summed E-state index contributed by atoms with van der Waals surface area (Å²) >= 11 is 0. The van der Waals surface area contributed by atoms with Crippen LogP contribution in [0.3, 0.4) is 0 Å². The topological polar surface area (TPSA) is 38.8 Å². The lowest BCUT2D eigenvalue weighted by molar-refractivity contribution is 0.0679. The first kappa shape index (κ1) is 17.4. The lowest BCUT2D eigenvalue weighted by Gasteiger charge is -2.18. The van der Waals surface area contributed by atoms with Crippen molar-refractivity contribution in [2.45, 2.75) is 25.5 Å². The fraction of sp³-hybridized carbons (Fsp3) is 0.350. The van der Waals surface area contributed by atoms with E-state index in [1.165, 1.54) is 11.0 Å². The van der Waals surface area contributed by atoms with Crippen LogP contribution in [-0.2, 0) is 11.3 Å². The van der Waals surface area contributed by atoms with Gasteiger partial charge in [0.05, 0.1) is 6.10 Å². The third kappa shape index (κ3) is 4.57. The summed E-state index contributed by atoms with van der Waals surface area (Å²) in [6.45, 7) is 1.55. The Morgan fingerprint density at radius 2 is 2.00 bits per heavy atom. The molecule has 0 spiro atoms. The normalized spacial score (nSPS) is 16.6. The monoisotopic (exact) mass is 343 g/mol. The van der Waals surface area contributed by atoms with Crippen LogP contribution in [0.25, 0.3) is 0 Å². The molecule has 132 valence electrons. The second-order valence-electron chi connectivity index (χ2n) is 6.22. The molecule has 2 aromatic rings. The van der Waals surface area contributed by atoms with Crippen LogP contribution in [0.5, 0.6) is 5.75 Å². The fourth-order valence-corrected chi connectivity index (χ4v) is 2.83. The van der Waals surface area contributed by atoms with E-state index in [2.05, 4.69) is 0 Å². The summed E-state index contributed by atoms with van der Waals surface area (Å²) in [4.78, 5) is 14.0. The van der Waals surface area contributed by atoms with Crippen molar-refractivity contribution in [2.24, 2.45) is 0 Å². The zero-order valence-electron chi connectivity index (χ0n) is 14.3. The number of nitrogens with zero attached hydrogens (tertiary/aromatic N) is 1. The van der Waals surface area contributed by atoms with Crippen molar-refractivity contribution in [3.63, 3.8) is 0 Å². The number of halogens is 1. The number of rotatable bonds is 6. The molecule has 5 heteroatoms. The molecule has 0 aromatic heterocycles. The Kier molecular flexibility index (Phi) is 5.66. The quantitative estimate of drug-likeness (QED) is 0.803. The highest BCUT2D eigenvalue weighted by molar-refractivity contribution is 5.94. The zero-order chi connectivity index (χ0) is 17.6. The summed E-state index contributed by atoms with van der Waals surface area (Å²) in [6.07, 6.45) is 2.26. The predicted molar refractivity (Wildman–Crippen MR) is 93.1 cm³/mol. The number of carbonyl (C=O) groups is 1. The van der Waals surface area contributed by atoms with Gasteiger partial charge in [-0.25, -0.2) is 4.39 Å². The highest BCUT2D eigenvalue weighted by Crippen LogP contribution is 2.18. The van der Waals surface area contributed by atoms with Gasteiger partial charge in [0, 0.05) is 31.3 Å². The Hall–Kier alpha value is -2.40. The van der Waals surface area contributed by atoms with Crippen molar-refractivity contribution in [3.05, 3.63) is 65.5 Å². The Morgan fingerprint density at radius 1 is 1.24 bits per heavy atom. The van der Waals surface area contributed by atoms with Gasteiger partial charge in [-0.1, -0.05) is 18.2 Å². The molecular weight excluding hydrogens is 321 g/mol. The molecule has 25 heavy (non-hydrogen) atoms. The van der Waals surface area contributed by atoms with E-state index >= 15 is 0 Å². The number of benzene rings is 2. The van der Waals surface area contributed by atoms with Crippen LogP contribution in [-0.4, -0.2) is 37.2 Å². The predicted octanol–water partition coefficient (Wildman–Crippen LogP) is 3.66. The average molecular weight is 343 g/mol. The Labute approximate surface area is 147 Å². The molecule has 0 radical (unpaired) electrons. The Bertz CT molecular complexity index is 711. The van der Waals surface area contributed by atoms with Gasteiger partial charge in [0.1, 0.15) is 18.2 Å². The standard InChI is InChI=1S/C20H22FNO3/c1-22(13-16-5-2-3-7-19(16)21)20(23)15-8-10-17(11-9-15)25-14-18-6-4-12-24-18/h2-3,5,7-11,18H,4,6,12-14H2,1H3. The lowest BCUT2D eigenvalue weighted by Crippen LogP contribution is -2.26. The van der Waals surface area contributed by atoms with E-state index in [0.29, 0.717) is 23.5 Å². The third-order valence-corrected chi connectivity index (χ3v) is 4.27. The van der Waals surface area contributed by atoms with Crippen molar-refractivity contribution >= 4 is 5.91 Å². The zero-order valence-corrected chi connectivity index (χ0v) is 14.3. The summed E-state index contributed by atoms with van der Waals surface area (Å²) in [5, 5.41) is 0. The number of ether oxygens (including phenoxy) is 2. The molecule has 1 heterocycles. The van der Waals surface area contributed by atoms with Gasteiger partial charge in [-0.2, -0.15) is 0 Å². The first-order valence-electron chi connectivity index (χ1n) is 8.47. The fourth-order valence-electron chi connectivity index (χ4n) is 2.83.